The van der Waals surface area contributed by atoms with Crippen LogP contribution in [0.2, 0.25) is 0 Å². The maximum atomic E-state index is 5.44. The van der Waals surface area contributed by atoms with Crippen molar-refractivity contribution in [2.45, 2.75) is 13.3 Å². The predicted molar refractivity (Wildman–Crippen MR) is 60.0 cm³/mol. The van der Waals surface area contributed by atoms with Crippen LogP contribution in [0.1, 0.15) is 16.9 Å². The van der Waals surface area contributed by atoms with Crippen LogP contribution in [0.15, 0.2) is 34.9 Å². The maximum absolute atomic E-state index is 5.44. The monoisotopic (exact) mass is 202 g/mol. The van der Waals surface area contributed by atoms with Crippen molar-refractivity contribution in [3.8, 4) is 0 Å². The number of hydrogen-bond donors (Lipinski definition) is 1. The minimum atomic E-state index is 0.567. The molecular weight excluding hydrogens is 188 g/mol. The number of nitrogens with one attached hydrogen (secondary N) is 1. The van der Waals surface area contributed by atoms with Crippen molar-refractivity contribution < 1.29 is 4.42 Å². The Labute approximate surface area is 89.1 Å². The molecule has 1 aromatic heterocycles. The quantitative estimate of drug-likeness (QED) is 0.831. The number of anilines is 1. The molecule has 0 fully saturated rings. The minimum Gasteiger partial charge on any atom is -0.428 e. The lowest BCUT2D eigenvalue weighted by molar-refractivity contribution is 0.530. The molecule has 0 atom stereocenters. The van der Waals surface area contributed by atoms with Crippen LogP contribution < -0.4 is 5.32 Å². The molecular formula is C12H14N2O. The van der Waals surface area contributed by atoms with Gasteiger partial charge in [0.1, 0.15) is 5.76 Å². The Morgan fingerprint density at radius 2 is 2.00 bits per heavy atom. The van der Waals surface area contributed by atoms with Crippen LogP contribution in [-0.4, -0.2) is 12.0 Å². The third kappa shape index (κ3) is 2.37. The first kappa shape index (κ1) is 9.77. The third-order valence-electron chi connectivity index (χ3n) is 2.27. The fourth-order valence-corrected chi connectivity index (χ4v) is 1.41. The molecule has 1 heterocycles. The van der Waals surface area contributed by atoms with Crippen LogP contribution in [0.25, 0.3) is 0 Å². The van der Waals surface area contributed by atoms with Gasteiger partial charge in [0, 0.05) is 13.5 Å². The molecule has 0 aliphatic carbocycles. The molecule has 0 spiro atoms. The number of aryl methyl sites for hydroxylation is 1. The summed E-state index contributed by atoms with van der Waals surface area (Å²) in [6.07, 6.45) is 2.54. The van der Waals surface area contributed by atoms with Crippen LogP contribution in [0.5, 0.6) is 0 Å². The van der Waals surface area contributed by atoms with Gasteiger partial charge in [-0.1, -0.05) is 29.8 Å². The molecule has 0 saturated heterocycles. The van der Waals surface area contributed by atoms with E-state index in [1.165, 1.54) is 11.1 Å². The van der Waals surface area contributed by atoms with Crippen molar-refractivity contribution in [1.82, 2.24) is 4.98 Å². The van der Waals surface area contributed by atoms with E-state index in [1.807, 2.05) is 0 Å². The smallest absolute Gasteiger partial charge is 0.294 e. The van der Waals surface area contributed by atoms with Gasteiger partial charge in [-0.3, -0.25) is 0 Å². The summed E-state index contributed by atoms with van der Waals surface area (Å²) in [5, 5.41) is 2.86. The number of oxazole rings is 1. The first-order valence-electron chi connectivity index (χ1n) is 4.96. The molecule has 15 heavy (non-hydrogen) atoms. The molecule has 2 aromatic rings. The summed E-state index contributed by atoms with van der Waals surface area (Å²) in [7, 11) is 1.79. The molecule has 0 amide bonds. The van der Waals surface area contributed by atoms with Crippen LogP contribution in [-0.2, 0) is 6.42 Å². The molecule has 1 N–H and O–H groups in total. The molecule has 0 aliphatic rings. The number of benzene rings is 1. The van der Waals surface area contributed by atoms with Crippen molar-refractivity contribution in [2.24, 2.45) is 0 Å². The fraction of sp³-hybridized carbons (Fsp3) is 0.250. The first-order valence-corrected chi connectivity index (χ1v) is 4.96. The second-order valence-electron chi connectivity index (χ2n) is 3.54. The van der Waals surface area contributed by atoms with E-state index in [0.717, 1.165) is 12.2 Å². The normalized spacial score (nSPS) is 10.3. The molecule has 78 valence electrons. The summed E-state index contributed by atoms with van der Waals surface area (Å²) in [5.41, 5.74) is 2.51. The van der Waals surface area contributed by atoms with Crippen molar-refractivity contribution in [2.75, 3.05) is 12.4 Å². The third-order valence-corrected chi connectivity index (χ3v) is 2.27. The van der Waals surface area contributed by atoms with Gasteiger partial charge >= 0.3 is 0 Å². The maximum Gasteiger partial charge on any atom is 0.294 e. The van der Waals surface area contributed by atoms with Gasteiger partial charge in [-0.2, -0.15) is 0 Å². The molecule has 3 heteroatoms. The number of hydrogen-bond acceptors (Lipinski definition) is 3. The molecule has 3 nitrogen and oxygen atoms in total. The zero-order chi connectivity index (χ0) is 10.7. The van der Waals surface area contributed by atoms with Crippen molar-refractivity contribution in [3.05, 3.63) is 47.3 Å². The lowest BCUT2D eigenvalue weighted by Gasteiger charge is -1.98. The Morgan fingerprint density at radius 3 is 2.60 bits per heavy atom. The van der Waals surface area contributed by atoms with Crippen LogP contribution in [0, 0.1) is 6.92 Å². The summed E-state index contributed by atoms with van der Waals surface area (Å²) in [6, 6.07) is 8.99. The van der Waals surface area contributed by atoms with E-state index in [0.29, 0.717) is 6.01 Å². The van der Waals surface area contributed by atoms with Crippen molar-refractivity contribution in [1.29, 1.82) is 0 Å². The highest BCUT2D eigenvalue weighted by molar-refractivity contribution is 5.26. The largest absolute Gasteiger partial charge is 0.428 e. The van der Waals surface area contributed by atoms with E-state index in [4.69, 9.17) is 4.42 Å². The Hall–Kier alpha value is -1.77. The van der Waals surface area contributed by atoms with Crippen molar-refractivity contribution in [3.63, 3.8) is 0 Å². The summed E-state index contributed by atoms with van der Waals surface area (Å²) in [5.74, 6) is 0.878. The zero-order valence-electron chi connectivity index (χ0n) is 8.95. The number of rotatable bonds is 3. The molecule has 0 aliphatic heterocycles. The Morgan fingerprint density at radius 1 is 1.27 bits per heavy atom. The van der Waals surface area contributed by atoms with E-state index >= 15 is 0 Å². The molecule has 0 bridgehead atoms. The summed E-state index contributed by atoms with van der Waals surface area (Å²) < 4.78 is 5.44. The van der Waals surface area contributed by atoms with E-state index in [9.17, 15) is 0 Å². The second kappa shape index (κ2) is 4.17. The highest BCUT2D eigenvalue weighted by Crippen LogP contribution is 2.13. The molecule has 2 rings (SSSR count). The average molecular weight is 202 g/mol. The van der Waals surface area contributed by atoms with Gasteiger partial charge in [0.05, 0.1) is 6.20 Å². The van der Waals surface area contributed by atoms with Crippen LogP contribution in [0.3, 0.4) is 0 Å². The predicted octanol–water partition coefficient (Wildman–Crippen LogP) is 2.62. The lowest BCUT2D eigenvalue weighted by Crippen LogP contribution is -1.86. The van der Waals surface area contributed by atoms with Gasteiger partial charge in [0.25, 0.3) is 6.01 Å². The second-order valence-corrected chi connectivity index (χ2v) is 3.54. The average Bonchev–Trinajstić information content (AvgIpc) is 2.69. The zero-order valence-corrected chi connectivity index (χ0v) is 8.95. The van der Waals surface area contributed by atoms with Gasteiger partial charge in [-0.15, -0.1) is 0 Å². The summed E-state index contributed by atoms with van der Waals surface area (Å²) in [6.45, 7) is 2.08. The number of nitrogens with zero attached hydrogens (tertiary/aromatic N) is 1. The molecule has 1 aromatic carbocycles. The molecule has 0 saturated carbocycles. The van der Waals surface area contributed by atoms with Crippen LogP contribution >= 0.6 is 0 Å². The Bertz CT molecular complexity index is 431. The SMILES string of the molecule is CNc1ncc(Cc2ccc(C)cc2)o1. The standard InChI is InChI=1S/C12H14N2O/c1-9-3-5-10(6-4-9)7-11-8-14-12(13-2)15-11/h3-6,8H,7H2,1-2H3,(H,13,14). The highest BCUT2D eigenvalue weighted by Gasteiger charge is 2.02. The Kier molecular flexibility index (Phi) is 2.72. The van der Waals surface area contributed by atoms with Gasteiger partial charge < -0.3 is 9.73 Å². The van der Waals surface area contributed by atoms with E-state index in [-0.39, 0.29) is 0 Å². The lowest BCUT2D eigenvalue weighted by atomic mass is 10.1. The van der Waals surface area contributed by atoms with Gasteiger partial charge in [0.2, 0.25) is 0 Å². The topological polar surface area (TPSA) is 38.1 Å². The van der Waals surface area contributed by atoms with E-state index in [2.05, 4.69) is 41.5 Å². The van der Waals surface area contributed by atoms with E-state index < -0.39 is 0 Å². The Balaban J connectivity index is 2.11. The molecule has 0 unspecified atom stereocenters. The minimum absolute atomic E-state index is 0.567. The fourth-order valence-electron chi connectivity index (χ4n) is 1.41. The van der Waals surface area contributed by atoms with Gasteiger partial charge in [-0.05, 0) is 12.5 Å². The highest BCUT2D eigenvalue weighted by atomic mass is 16.4. The van der Waals surface area contributed by atoms with Gasteiger partial charge in [0.15, 0.2) is 0 Å². The molecule has 0 radical (unpaired) electrons. The first-order chi connectivity index (χ1) is 7.28. The van der Waals surface area contributed by atoms with Crippen molar-refractivity contribution >= 4 is 6.01 Å². The summed E-state index contributed by atoms with van der Waals surface area (Å²) in [4.78, 5) is 4.07. The van der Waals surface area contributed by atoms with Crippen LogP contribution in [0.4, 0.5) is 6.01 Å². The summed E-state index contributed by atoms with van der Waals surface area (Å²) >= 11 is 0. The number of aromatic nitrogens is 1. The van der Waals surface area contributed by atoms with Gasteiger partial charge in [-0.25, -0.2) is 4.98 Å². The van der Waals surface area contributed by atoms with E-state index in [1.54, 1.807) is 13.2 Å².